The summed E-state index contributed by atoms with van der Waals surface area (Å²) in [6.07, 6.45) is 0. The van der Waals surface area contributed by atoms with Crippen molar-refractivity contribution in [2.75, 3.05) is 12.3 Å². The molecule has 2 aliphatic rings. The second-order valence-electron chi connectivity index (χ2n) is 6.02. The van der Waals surface area contributed by atoms with E-state index in [1.54, 1.807) is 36.0 Å². The smallest absolute Gasteiger partial charge is 0.262 e. The molecule has 1 N–H and O–H groups in total. The molecular formula is C19H16N2O3S. The van der Waals surface area contributed by atoms with Crippen LogP contribution in [0.4, 0.5) is 0 Å². The van der Waals surface area contributed by atoms with Gasteiger partial charge in [0.1, 0.15) is 6.04 Å². The number of nitrogens with zero attached hydrogens (tertiary/aromatic N) is 1. The Balaban J connectivity index is 1.59. The van der Waals surface area contributed by atoms with Gasteiger partial charge in [-0.3, -0.25) is 19.3 Å². The minimum absolute atomic E-state index is 0.102. The SMILES string of the molecule is O=C1NCC(c2ccccc2)SCC1N1C(=O)c2ccccc2C1=O. The number of thioether (sulfide) groups is 1. The standard InChI is InChI=1S/C19H16N2O3S/c22-17-15(11-25-16(10-20-17)12-6-2-1-3-7-12)21-18(23)13-8-4-5-9-14(13)19(21)24/h1-9,15-16H,10-11H2,(H,20,22). The van der Waals surface area contributed by atoms with E-state index in [1.165, 1.54) is 0 Å². The lowest BCUT2D eigenvalue weighted by molar-refractivity contribution is -0.124. The number of benzene rings is 2. The zero-order valence-corrected chi connectivity index (χ0v) is 14.2. The van der Waals surface area contributed by atoms with Gasteiger partial charge in [-0.2, -0.15) is 0 Å². The van der Waals surface area contributed by atoms with Crippen molar-refractivity contribution in [1.29, 1.82) is 0 Å². The largest absolute Gasteiger partial charge is 0.353 e. The fraction of sp³-hybridized carbons (Fsp3) is 0.211. The van der Waals surface area contributed by atoms with Gasteiger partial charge in [0.25, 0.3) is 11.8 Å². The van der Waals surface area contributed by atoms with E-state index in [0.717, 1.165) is 10.5 Å². The molecule has 2 atom stereocenters. The number of amides is 3. The van der Waals surface area contributed by atoms with Gasteiger partial charge < -0.3 is 5.32 Å². The van der Waals surface area contributed by atoms with Crippen LogP contribution in [-0.4, -0.2) is 41.0 Å². The first-order valence-electron chi connectivity index (χ1n) is 8.08. The van der Waals surface area contributed by atoms with Crippen molar-refractivity contribution in [3.63, 3.8) is 0 Å². The van der Waals surface area contributed by atoms with Gasteiger partial charge in [0.2, 0.25) is 5.91 Å². The summed E-state index contributed by atoms with van der Waals surface area (Å²) in [4.78, 5) is 38.9. The third-order valence-corrected chi connectivity index (χ3v) is 5.88. The molecule has 1 fully saturated rings. The number of fused-ring (bicyclic) bond motifs is 1. The molecule has 6 heteroatoms. The molecule has 2 aromatic carbocycles. The van der Waals surface area contributed by atoms with Crippen LogP contribution in [0.1, 0.15) is 31.5 Å². The molecule has 0 radical (unpaired) electrons. The summed E-state index contributed by atoms with van der Waals surface area (Å²) in [5, 5.41) is 2.98. The molecule has 0 saturated carbocycles. The lowest BCUT2D eigenvalue weighted by Gasteiger charge is -2.23. The molecule has 126 valence electrons. The second-order valence-corrected chi connectivity index (χ2v) is 7.26. The summed E-state index contributed by atoms with van der Waals surface area (Å²) in [7, 11) is 0. The summed E-state index contributed by atoms with van der Waals surface area (Å²) in [5.74, 6) is -0.670. The van der Waals surface area contributed by atoms with Gasteiger partial charge in [-0.15, -0.1) is 11.8 Å². The van der Waals surface area contributed by atoms with Crippen molar-refractivity contribution in [2.45, 2.75) is 11.3 Å². The number of rotatable bonds is 2. The highest BCUT2D eigenvalue weighted by Crippen LogP contribution is 2.33. The van der Waals surface area contributed by atoms with Gasteiger partial charge in [0.05, 0.1) is 11.1 Å². The van der Waals surface area contributed by atoms with Crippen LogP contribution in [0.3, 0.4) is 0 Å². The molecule has 2 heterocycles. The zero-order valence-electron chi connectivity index (χ0n) is 13.3. The van der Waals surface area contributed by atoms with Crippen molar-refractivity contribution >= 4 is 29.5 Å². The monoisotopic (exact) mass is 352 g/mol. The molecule has 0 aromatic heterocycles. The first kappa shape index (κ1) is 15.9. The summed E-state index contributed by atoms with van der Waals surface area (Å²) >= 11 is 1.59. The molecule has 4 rings (SSSR count). The Labute approximate surface area is 149 Å². The Kier molecular flexibility index (Phi) is 4.05. The summed E-state index contributed by atoms with van der Waals surface area (Å²) in [5.41, 5.74) is 1.86. The van der Waals surface area contributed by atoms with Crippen LogP contribution in [0, 0.1) is 0 Å². The van der Waals surface area contributed by atoms with E-state index in [9.17, 15) is 14.4 Å². The molecule has 2 aromatic rings. The molecule has 2 unspecified atom stereocenters. The Bertz CT molecular complexity index is 818. The van der Waals surface area contributed by atoms with Gasteiger partial charge >= 0.3 is 0 Å². The maximum atomic E-state index is 12.6. The maximum absolute atomic E-state index is 12.6. The maximum Gasteiger partial charge on any atom is 0.262 e. The number of carbonyl (C=O) groups is 3. The lowest BCUT2D eigenvalue weighted by Crippen LogP contribution is -2.50. The van der Waals surface area contributed by atoms with Crippen LogP contribution in [0.25, 0.3) is 0 Å². The predicted octanol–water partition coefficient (Wildman–Crippen LogP) is 2.26. The predicted molar refractivity (Wildman–Crippen MR) is 95.4 cm³/mol. The van der Waals surface area contributed by atoms with Crippen molar-refractivity contribution in [3.8, 4) is 0 Å². The van der Waals surface area contributed by atoms with Gasteiger partial charge in [0.15, 0.2) is 0 Å². The van der Waals surface area contributed by atoms with Crippen LogP contribution in [-0.2, 0) is 4.79 Å². The van der Waals surface area contributed by atoms with Gasteiger partial charge in [-0.05, 0) is 17.7 Å². The molecule has 25 heavy (non-hydrogen) atoms. The summed E-state index contributed by atoms with van der Waals surface area (Å²) in [6.45, 7) is 0.479. The van der Waals surface area contributed by atoms with Gasteiger partial charge in [0, 0.05) is 17.5 Å². The molecule has 0 spiro atoms. The quantitative estimate of drug-likeness (QED) is 0.842. The molecule has 3 amide bonds. The molecular weight excluding hydrogens is 336 g/mol. The van der Waals surface area contributed by atoms with Crippen LogP contribution in [0.15, 0.2) is 54.6 Å². The molecule has 2 aliphatic heterocycles. The number of nitrogens with one attached hydrogen (secondary N) is 1. The van der Waals surface area contributed by atoms with E-state index in [1.807, 2.05) is 30.3 Å². The number of carbonyl (C=O) groups excluding carboxylic acids is 3. The second kappa shape index (κ2) is 6.37. The van der Waals surface area contributed by atoms with Crippen molar-refractivity contribution < 1.29 is 14.4 Å². The third kappa shape index (κ3) is 2.72. The number of imide groups is 1. The average molecular weight is 352 g/mol. The minimum Gasteiger partial charge on any atom is -0.353 e. The first-order valence-corrected chi connectivity index (χ1v) is 9.13. The van der Waals surface area contributed by atoms with Crippen molar-refractivity contribution in [3.05, 3.63) is 71.3 Å². The highest BCUT2D eigenvalue weighted by atomic mass is 32.2. The Hall–Kier alpha value is -2.60. The topological polar surface area (TPSA) is 66.5 Å². The van der Waals surface area contributed by atoms with E-state index in [4.69, 9.17) is 0 Å². The highest BCUT2D eigenvalue weighted by Gasteiger charge is 2.43. The van der Waals surface area contributed by atoms with Crippen LogP contribution in [0.2, 0.25) is 0 Å². The van der Waals surface area contributed by atoms with Crippen LogP contribution in [0.5, 0.6) is 0 Å². The lowest BCUT2D eigenvalue weighted by atomic mass is 10.1. The molecule has 1 saturated heterocycles. The molecule has 0 aliphatic carbocycles. The molecule has 5 nitrogen and oxygen atoms in total. The van der Waals surface area contributed by atoms with Crippen molar-refractivity contribution in [2.24, 2.45) is 0 Å². The highest BCUT2D eigenvalue weighted by molar-refractivity contribution is 7.99. The third-order valence-electron chi connectivity index (χ3n) is 4.53. The van der Waals surface area contributed by atoms with E-state index in [2.05, 4.69) is 5.32 Å². The Morgan fingerprint density at radius 1 is 0.880 bits per heavy atom. The van der Waals surface area contributed by atoms with E-state index >= 15 is 0 Å². The van der Waals surface area contributed by atoms with E-state index in [0.29, 0.717) is 23.4 Å². The van der Waals surface area contributed by atoms with E-state index < -0.39 is 6.04 Å². The summed E-state index contributed by atoms with van der Waals surface area (Å²) in [6, 6.07) is 15.8. The average Bonchev–Trinajstić information content (AvgIpc) is 2.79. The fourth-order valence-electron chi connectivity index (χ4n) is 3.22. The van der Waals surface area contributed by atoms with Gasteiger partial charge in [-0.25, -0.2) is 0 Å². The number of hydrogen-bond donors (Lipinski definition) is 1. The normalized spacial score (nSPS) is 23.2. The first-order chi connectivity index (χ1) is 12.2. The zero-order chi connectivity index (χ0) is 17.4. The minimum atomic E-state index is -0.786. The van der Waals surface area contributed by atoms with E-state index in [-0.39, 0.29) is 23.0 Å². The van der Waals surface area contributed by atoms with Gasteiger partial charge in [-0.1, -0.05) is 42.5 Å². The van der Waals surface area contributed by atoms with Crippen LogP contribution >= 0.6 is 11.8 Å². The van der Waals surface area contributed by atoms with Crippen molar-refractivity contribution in [1.82, 2.24) is 10.2 Å². The molecule has 0 bridgehead atoms. The Morgan fingerprint density at radius 3 is 2.12 bits per heavy atom. The summed E-state index contributed by atoms with van der Waals surface area (Å²) < 4.78 is 0. The number of hydrogen-bond acceptors (Lipinski definition) is 4. The fourth-order valence-corrected chi connectivity index (χ4v) is 4.48. The van der Waals surface area contributed by atoms with Crippen LogP contribution < -0.4 is 5.32 Å². The Morgan fingerprint density at radius 2 is 1.48 bits per heavy atom.